The Labute approximate surface area is 150 Å². The molecule has 0 unspecified atom stereocenters. The molecule has 0 aromatic heterocycles. The van der Waals surface area contributed by atoms with Gasteiger partial charge in [0.1, 0.15) is 5.75 Å². The van der Waals surface area contributed by atoms with Crippen LogP contribution in [0.3, 0.4) is 0 Å². The number of phenolic OH excluding ortho intramolecular Hbond substituents is 1. The van der Waals surface area contributed by atoms with Crippen molar-refractivity contribution in [1.82, 2.24) is 4.90 Å². The molecule has 0 saturated heterocycles. The predicted molar refractivity (Wildman–Crippen MR) is 91.4 cm³/mol. The van der Waals surface area contributed by atoms with E-state index >= 15 is 0 Å². The average molecular weight is 363 g/mol. The maximum Gasteiger partial charge on any atom is 0.416 e. The molecule has 0 atom stereocenters. The van der Waals surface area contributed by atoms with Crippen molar-refractivity contribution in [1.29, 1.82) is 0 Å². The van der Waals surface area contributed by atoms with E-state index in [9.17, 15) is 23.1 Å². The SMILES string of the molecule is O=C(CCc1ccccc1O)N(Cc1ccc(C(F)(F)F)cc1)C1CC1. The maximum atomic E-state index is 12.7. The third-order valence-electron chi connectivity index (χ3n) is 4.54. The topological polar surface area (TPSA) is 40.5 Å². The van der Waals surface area contributed by atoms with Gasteiger partial charge >= 0.3 is 6.18 Å². The number of halogens is 3. The lowest BCUT2D eigenvalue weighted by atomic mass is 10.1. The average Bonchev–Trinajstić information content (AvgIpc) is 3.43. The third kappa shape index (κ3) is 4.56. The van der Waals surface area contributed by atoms with Crippen LogP contribution in [0, 0.1) is 0 Å². The monoisotopic (exact) mass is 363 g/mol. The van der Waals surface area contributed by atoms with Crippen LogP contribution in [0.4, 0.5) is 13.2 Å². The van der Waals surface area contributed by atoms with Crippen molar-refractivity contribution in [2.45, 2.75) is 44.4 Å². The summed E-state index contributed by atoms with van der Waals surface area (Å²) in [6, 6.07) is 12.0. The highest BCUT2D eigenvalue weighted by Gasteiger charge is 2.33. The molecule has 3 rings (SSSR count). The number of nitrogens with zero attached hydrogens (tertiary/aromatic N) is 1. The summed E-state index contributed by atoms with van der Waals surface area (Å²) in [6.07, 6.45) is -1.83. The zero-order valence-electron chi connectivity index (χ0n) is 14.2. The van der Waals surface area contributed by atoms with Gasteiger partial charge in [-0.3, -0.25) is 4.79 Å². The lowest BCUT2D eigenvalue weighted by Crippen LogP contribution is -2.32. The molecule has 26 heavy (non-hydrogen) atoms. The quantitative estimate of drug-likeness (QED) is 0.819. The van der Waals surface area contributed by atoms with Crippen LogP contribution in [-0.2, 0) is 23.9 Å². The van der Waals surface area contributed by atoms with Crippen LogP contribution in [0.15, 0.2) is 48.5 Å². The number of phenols is 1. The first-order valence-corrected chi connectivity index (χ1v) is 8.57. The van der Waals surface area contributed by atoms with Gasteiger partial charge in [0.2, 0.25) is 5.91 Å². The summed E-state index contributed by atoms with van der Waals surface area (Å²) in [5.41, 5.74) is 0.706. The summed E-state index contributed by atoms with van der Waals surface area (Å²) in [4.78, 5) is 14.3. The number of aryl methyl sites for hydroxylation is 1. The van der Waals surface area contributed by atoms with Crippen LogP contribution in [-0.4, -0.2) is 22.0 Å². The molecule has 138 valence electrons. The minimum atomic E-state index is -4.36. The molecule has 1 aliphatic carbocycles. The molecule has 2 aromatic carbocycles. The number of rotatable bonds is 6. The summed E-state index contributed by atoms with van der Waals surface area (Å²) in [5, 5.41) is 9.79. The van der Waals surface area contributed by atoms with E-state index < -0.39 is 11.7 Å². The van der Waals surface area contributed by atoms with Crippen molar-refractivity contribution in [3.8, 4) is 5.75 Å². The second kappa shape index (κ2) is 7.40. The number of amides is 1. The molecule has 0 bridgehead atoms. The molecule has 0 spiro atoms. The number of aromatic hydroxyl groups is 1. The lowest BCUT2D eigenvalue weighted by molar-refractivity contribution is -0.137. The highest BCUT2D eigenvalue weighted by atomic mass is 19.4. The Morgan fingerprint density at radius 3 is 2.31 bits per heavy atom. The number of carbonyl (C=O) groups excluding carboxylic acids is 1. The van der Waals surface area contributed by atoms with Gasteiger partial charge in [0.05, 0.1) is 5.56 Å². The van der Waals surface area contributed by atoms with E-state index in [2.05, 4.69) is 0 Å². The van der Waals surface area contributed by atoms with Crippen LogP contribution >= 0.6 is 0 Å². The van der Waals surface area contributed by atoms with E-state index in [1.807, 2.05) is 0 Å². The zero-order chi connectivity index (χ0) is 18.7. The molecule has 1 aliphatic rings. The Morgan fingerprint density at radius 2 is 1.73 bits per heavy atom. The first-order valence-electron chi connectivity index (χ1n) is 8.57. The van der Waals surface area contributed by atoms with Crippen LogP contribution in [0.2, 0.25) is 0 Å². The van der Waals surface area contributed by atoms with Crippen molar-refractivity contribution in [2.75, 3.05) is 0 Å². The van der Waals surface area contributed by atoms with E-state index in [4.69, 9.17) is 0 Å². The smallest absolute Gasteiger partial charge is 0.416 e. The minimum Gasteiger partial charge on any atom is -0.508 e. The second-order valence-electron chi connectivity index (χ2n) is 6.58. The summed E-state index contributed by atoms with van der Waals surface area (Å²) in [5.74, 6) is 0.122. The number of para-hydroxylation sites is 1. The molecular weight excluding hydrogens is 343 g/mol. The molecule has 0 heterocycles. The molecule has 1 amide bonds. The number of carbonyl (C=O) groups is 1. The van der Waals surface area contributed by atoms with Gasteiger partial charge in [-0.25, -0.2) is 0 Å². The number of hydrogen-bond donors (Lipinski definition) is 1. The fraction of sp³-hybridized carbons (Fsp3) is 0.350. The van der Waals surface area contributed by atoms with Crippen LogP contribution in [0.5, 0.6) is 5.75 Å². The molecule has 2 aromatic rings. The standard InChI is InChI=1S/C20H20F3NO2/c21-20(22,23)16-8-5-14(6-9-16)13-24(17-10-11-17)19(26)12-7-15-3-1-2-4-18(15)25/h1-6,8-9,17,25H,7,10-13H2. The van der Waals surface area contributed by atoms with Gasteiger partial charge in [-0.15, -0.1) is 0 Å². The van der Waals surface area contributed by atoms with Crippen molar-refractivity contribution in [3.63, 3.8) is 0 Å². The lowest BCUT2D eigenvalue weighted by Gasteiger charge is -2.23. The highest BCUT2D eigenvalue weighted by Crippen LogP contribution is 2.31. The Hall–Kier alpha value is -2.50. The molecule has 1 fully saturated rings. The van der Waals surface area contributed by atoms with E-state index in [1.54, 1.807) is 29.2 Å². The van der Waals surface area contributed by atoms with Gasteiger partial charge in [-0.05, 0) is 48.6 Å². The molecule has 0 radical (unpaired) electrons. The number of hydrogen-bond acceptors (Lipinski definition) is 2. The largest absolute Gasteiger partial charge is 0.508 e. The van der Waals surface area contributed by atoms with Crippen LogP contribution in [0.25, 0.3) is 0 Å². The summed E-state index contributed by atoms with van der Waals surface area (Å²) < 4.78 is 38.0. The molecule has 6 heteroatoms. The normalized spacial score (nSPS) is 14.3. The van der Waals surface area contributed by atoms with Crippen molar-refractivity contribution in [3.05, 3.63) is 65.2 Å². The fourth-order valence-corrected chi connectivity index (χ4v) is 2.91. The van der Waals surface area contributed by atoms with Crippen molar-refractivity contribution >= 4 is 5.91 Å². The van der Waals surface area contributed by atoms with Gasteiger partial charge in [0, 0.05) is 19.0 Å². The Kier molecular flexibility index (Phi) is 5.20. The first-order chi connectivity index (χ1) is 12.3. The number of benzene rings is 2. The third-order valence-corrected chi connectivity index (χ3v) is 4.54. The van der Waals surface area contributed by atoms with Gasteiger partial charge in [0.15, 0.2) is 0 Å². The Morgan fingerprint density at radius 1 is 1.08 bits per heavy atom. The van der Waals surface area contributed by atoms with E-state index in [-0.39, 0.29) is 24.1 Å². The molecule has 3 nitrogen and oxygen atoms in total. The van der Waals surface area contributed by atoms with Gasteiger partial charge in [-0.2, -0.15) is 13.2 Å². The first kappa shape index (κ1) is 18.3. The van der Waals surface area contributed by atoms with Crippen molar-refractivity contribution < 1.29 is 23.1 Å². The Bertz CT molecular complexity index is 767. The summed E-state index contributed by atoms with van der Waals surface area (Å²) in [6.45, 7) is 0.308. The van der Waals surface area contributed by atoms with E-state index in [0.29, 0.717) is 24.1 Å². The summed E-state index contributed by atoms with van der Waals surface area (Å²) >= 11 is 0. The second-order valence-corrected chi connectivity index (χ2v) is 6.58. The van der Waals surface area contributed by atoms with Crippen LogP contribution < -0.4 is 0 Å². The highest BCUT2D eigenvalue weighted by molar-refractivity contribution is 5.77. The molecule has 1 saturated carbocycles. The maximum absolute atomic E-state index is 12.7. The Balaban J connectivity index is 1.64. The van der Waals surface area contributed by atoms with Gasteiger partial charge in [0.25, 0.3) is 0 Å². The van der Waals surface area contributed by atoms with Crippen molar-refractivity contribution in [2.24, 2.45) is 0 Å². The summed E-state index contributed by atoms with van der Waals surface area (Å²) in [7, 11) is 0. The van der Waals surface area contributed by atoms with E-state index in [0.717, 1.165) is 25.0 Å². The molecular formula is C20H20F3NO2. The molecule has 0 aliphatic heterocycles. The zero-order valence-corrected chi connectivity index (χ0v) is 14.2. The predicted octanol–water partition coefficient (Wildman–Crippen LogP) is 4.53. The van der Waals surface area contributed by atoms with Gasteiger partial charge < -0.3 is 10.0 Å². The fourth-order valence-electron chi connectivity index (χ4n) is 2.91. The van der Waals surface area contributed by atoms with Gasteiger partial charge in [-0.1, -0.05) is 30.3 Å². The van der Waals surface area contributed by atoms with Crippen LogP contribution in [0.1, 0.15) is 36.0 Å². The minimum absolute atomic E-state index is 0.0457. The molecule has 1 N–H and O–H groups in total. The number of alkyl halides is 3. The van der Waals surface area contributed by atoms with E-state index in [1.165, 1.54) is 12.1 Å².